The fraction of sp³-hybridized carbons (Fsp3) is 0.889. The molecule has 0 aromatic carbocycles. The van der Waals surface area contributed by atoms with E-state index in [1.807, 2.05) is 0 Å². The van der Waals surface area contributed by atoms with Crippen molar-refractivity contribution in [2.24, 2.45) is 5.92 Å². The third kappa shape index (κ3) is 8.54. The molecule has 6 heteroatoms. The number of hydrogen-bond acceptors (Lipinski definition) is 1. The predicted octanol–water partition coefficient (Wildman–Crippen LogP) is 2.71. The monoisotopic (exact) mass is 245 g/mol. The van der Waals surface area contributed by atoms with Crippen LogP contribution in [0.2, 0.25) is 0 Å². The molecule has 0 aliphatic rings. The molecule has 0 aliphatic heterocycles. The molecule has 1 amide bonds. The highest BCUT2D eigenvalue weighted by atomic mass is 35.5. The van der Waals surface area contributed by atoms with E-state index in [2.05, 4.69) is 5.32 Å². The second-order valence-corrected chi connectivity index (χ2v) is 3.73. The zero-order valence-corrected chi connectivity index (χ0v) is 9.29. The summed E-state index contributed by atoms with van der Waals surface area (Å²) in [7, 11) is 0. The third-order valence-corrected chi connectivity index (χ3v) is 2.33. The van der Waals surface area contributed by atoms with Crippen LogP contribution < -0.4 is 5.32 Å². The van der Waals surface area contributed by atoms with Crippen molar-refractivity contribution in [3.8, 4) is 0 Å². The second-order valence-electron chi connectivity index (χ2n) is 3.42. The maximum Gasteiger partial charge on any atom is 0.389 e. The molecule has 0 saturated heterocycles. The van der Waals surface area contributed by atoms with Gasteiger partial charge in [-0.2, -0.15) is 13.2 Å². The summed E-state index contributed by atoms with van der Waals surface area (Å²) < 4.78 is 35.2. The zero-order valence-electron chi connectivity index (χ0n) is 8.53. The third-order valence-electron chi connectivity index (χ3n) is 1.87. The maximum atomic E-state index is 11.7. The Kier molecular flexibility index (Phi) is 6.72. The zero-order chi connectivity index (χ0) is 11.9. The van der Waals surface area contributed by atoms with Crippen molar-refractivity contribution in [1.82, 2.24) is 5.32 Å². The number of amides is 1. The van der Waals surface area contributed by atoms with Crippen molar-refractivity contribution < 1.29 is 18.0 Å². The number of nitrogens with one attached hydrogen (secondary N) is 1. The Labute approximate surface area is 92.2 Å². The molecular weight excluding hydrogens is 231 g/mol. The summed E-state index contributed by atoms with van der Waals surface area (Å²) in [5, 5.41) is 2.53. The molecule has 1 atom stereocenters. The molecule has 0 bridgehead atoms. The van der Waals surface area contributed by atoms with E-state index >= 15 is 0 Å². The first kappa shape index (κ1) is 14.6. The second kappa shape index (κ2) is 6.93. The van der Waals surface area contributed by atoms with E-state index in [4.69, 9.17) is 11.6 Å². The van der Waals surface area contributed by atoms with E-state index in [1.54, 1.807) is 6.92 Å². The summed E-state index contributed by atoms with van der Waals surface area (Å²) in [5.74, 6) is -0.291. The van der Waals surface area contributed by atoms with Crippen molar-refractivity contribution in [2.45, 2.75) is 32.4 Å². The van der Waals surface area contributed by atoms with Gasteiger partial charge in [0.25, 0.3) is 0 Å². The molecule has 0 rings (SSSR count). The van der Waals surface area contributed by atoms with Gasteiger partial charge in [-0.1, -0.05) is 6.92 Å². The average molecular weight is 246 g/mol. The topological polar surface area (TPSA) is 29.1 Å². The van der Waals surface area contributed by atoms with Crippen molar-refractivity contribution in [1.29, 1.82) is 0 Å². The van der Waals surface area contributed by atoms with Crippen LogP contribution in [-0.4, -0.2) is 24.5 Å². The fourth-order valence-electron chi connectivity index (χ4n) is 0.906. The molecule has 0 heterocycles. The minimum atomic E-state index is -4.10. The van der Waals surface area contributed by atoms with Crippen LogP contribution in [0, 0.1) is 5.92 Å². The number of hydrogen-bond donors (Lipinski definition) is 1. The van der Waals surface area contributed by atoms with Crippen LogP contribution in [0.4, 0.5) is 13.2 Å². The van der Waals surface area contributed by atoms with Crippen LogP contribution >= 0.6 is 11.6 Å². The number of alkyl halides is 4. The lowest BCUT2D eigenvalue weighted by molar-refractivity contribution is -0.135. The average Bonchev–Trinajstić information content (AvgIpc) is 2.14. The molecule has 0 saturated carbocycles. The highest BCUT2D eigenvalue weighted by Crippen LogP contribution is 2.21. The summed E-state index contributed by atoms with van der Waals surface area (Å²) in [4.78, 5) is 11.1. The number of carbonyl (C=O) groups excluding carboxylic acids is 1. The van der Waals surface area contributed by atoms with Crippen molar-refractivity contribution in [2.75, 3.05) is 12.4 Å². The Morgan fingerprint density at radius 2 is 2.00 bits per heavy atom. The predicted molar refractivity (Wildman–Crippen MR) is 52.8 cm³/mol. The largest absolute Gasteiger partial charge is 0.389 e. The van der Waals surface area contributed by atoms with Crippen molar-refractivity contribution >= 4 is 17.5 Å². The van der Waals surface area contributed by atoms with E-state index in [-0.39, 0.29) is 30.7 Å². The van der Waals surface area contributed by atoms with E-state index in [1.165, 1.54) is 0 Å². The van der Waals surface area contributed by atoms with Gasteiger partial charge in [-0.05, 0) is 12.8 Å². The van der Waals surface area contributed by atoms with Crippen LogP contribution in [0.15, 0.2) is 0 Å². The summed E-state index contributed by atoms with van der Waals surface area (Å²) in [6.45, 7) is 1.94. The normalized spacial score (nSPS) is 13.7. The van der Waals surface area contributed by atoms with Gasteiger partial charge >= 0.3 is 6.18 Å². The molecule has 90 valence electrons. The van der Waals surface area contributed by atoms with Gasteiger partial charge in [-0.3, -0.25) is 4.79 Å². The number of carbonyl (C=O) groups is 1. The Bertz CT molecular complexity index is 196. The standard InChI is InChI=1S/C9H15ClF3NO/c1-7(6-10)8(15)14-5-3-2-4-9(11,12)13/h7H,2-6H2,1H3,(H,14,15). The lowest BCUT2D eigenvalue weighted by atomic mass is 10.2. The lowest BCUT2D eigenvalue weighted by Crippen LogP contribution is -2.30. The first-order valence-corrected chi connectivity index (χ1v) is 5.30. The van der Waals surface area contributed by atoms with Crippen LogP contribution in [0.3, 0.4) is 0 Å². The molecular formula is C9H15ClF3NO. The van der Waals surface area contributed by atoms with Crippen LogP contribution in [0.5, 0.6) is 0 Å². The van der Waals surface area contributed by atoms with Crippen molar-refractivity contribution in [3.63, 3.8) is 0 Å². The first-order valence-electron chi connectivity index (χ1n) is 4.77. The summed E-state index contributed by atoms with van der Waals surface area (Å²) >= 11 is 5.44. The van der Waals surface area contributed by atoms with Crippen LogP contribution in [0.1, 0.15) is 26.2 Å². The van der Waals surface area contributed by atoms with E-state index in [0.717, 1.165) is 0 Å². The summed E-state index contributed by atoms with van der Waals surface area (Å²) in [6.07, 6.45) is -4.53. The van der Waals surface area contributed by atoms with E-state index in [0.29, 0.717) is 6.42 Å². The van der Waals surface area contributed by atoms with Gasteiger partial charge in [0, 0.05) is 24.8 Å². The van der Waals surface area contributed by atoms with Gasteiger partial charge in [-0.25, -0.2) is 0 Å². The lowest BCUT2D eigenvalue weighted by Gasteiger charge is -2.09. The summed E-state index contributed by atoms with van der Waals surface area (Å²) in [6, 6.07) is 0. The van der Waals surface area contributed by atoms with Gasteiger partial charge in [0.1, 0.15) is 0 Å². The molecule has 2 nitrogen and oxygen atoms in total. The number of rotatable bonds is 6. The van der Waals surface area contributed by atoms with Gasteiger partial charge in [0.15, 0.2) is 0 Å². The molecule has 1 N–H and O–H groups in total. The minimum Gasteiger partial charge on any atom is -0.356 e. The van der Waals surface area contributed by atoms with E-state index < -0.39 is 12.6 Å². The van der Waals surface area contributed by atoms with Crippen molar-refractivity contribution in [3.05, 3.63) is 0 Å². The molecule has 15 heavy (non-hydrogen) atoms. The number of unbranched alkanes of at least 4 members (excludes halogenated alkanes) is 1. The van der Waals surface area contributed by atoms with Gasteiger partial charge in [-0.15, -0.1) is 11.6 Å². The number of halogens is 4. The molecule has 0 aliphatic carbocycles. The fourth-order valence-corrected chi connectivity index (χ4v) is 1.05. The first-order chi connectivity index (χ1) is 6.87. The van der Waals surface area contributed by atoms with Gasteiger partial charge < -0.3 is 5.32 Å². The highest BCUT2D eigenvalue weighted by molar-refractivity contribution is 6.19. The Morgan fingerprint density at radius 3 is 2.47 bits per heavy atom. The molecule has 0 aromatic rings. The summed E-state index contributed by atoms with van der Waals surface area (Å²) in [5.41, 5.74) is 0. The Balaban J connectivity index is 3.43. The van der Waals surface area contributed by atoms with Crippen LogP contribution in [0.25, 0.3) is 0 Å². The van der Waals surface area contributed by atoms with Gasteiger partial charge in [0.05, 0.1) is 0 Å². The smallest absolute Gasteiger partial charge is 0.356 e. The van der Waals surface area contributed by atoms with Gasteiger partial charge in [0.2, 0.25) is 5.91 Å². The molecule has 0 aromatic heterocycles. The quantitative estimate of drug-likeness (QED) is 0.566. The molecule has 1 unspecified atom stereocenters. The Morgan fingerprint density at radius 1 is 1.40 bits per heavy atom. The highest BCUT2D eigenvalue weighted by Gasteiger charge is 2.25. The molecule has 0 spiro atoms. The maximum absolute atomic E-state index is 11.7. The van der Waals surface area contributed by atoms with Crippen LogP contribution in [-0.2, 0) is 4.79 Å². The Hall–Kier alpha value is -0.450. The van der Waals surface area contributed by atoms with E-state index in [9.17, 15) is 18.0 Å². The minimum absolute atomic E-state index is 0.0407. The molecule has 0 fully saturated rings. The SMILES string of the molecule is CC(CCl)C(=O)NCCCCC(F)(F)F. The molecule has 0 radical (unpaired) electrons.